The number of carbonyl (C=O) groups excluding carboxylic acids is 1. The Hall–Kier alpha value is -2.68. The number of hydrogen-bond donors (Lipinski definition) is 1. The maximum Gasteiger partial charge on any atom is 0.346 e. The predicted octanol–water partition coefficient (Wildman–Crippen LogP) is 0.810. The average molecular weight is 375 g/mol. The molecular weight excluding hydrogens is 354 g/mol. The number of hydrazone groups is 1. The molecule has 1 aromatic carbocycles. The maximum absolute atomic E-state index is 12.0. The van der Waals surface area contributed by atoms with Gasteiger partial charge >= 0.3 is 5.69 Å². The standard InChI is InChI=1S/C17H21N5O3S/c1-5-13(12-8-6-11(2)7-9-12)18-19-14(23)10-26-15-16(24)21(3)17(25)22(4)20-15/h6-9H,5,10H2,1-4H3,(H,19,23)/b18-13-. The molecule has 0 unspecified atom stereocenters. The first kappa shape index (κ1) is 19.6. The van der Waals surface area contributed by atoms with Crippen molar-refractivity contribution in [1.29, 1.82) is 0 Å². The molecule has 0 aliphatic heterocycles. The van der Waals surface area contributed by atoms with Gasteiger partial charge in [-0.05, 0) is 18.9 Å². The van der Waals surface area contributed by atoms with Crippen LogP contribution in [0, 0.1) is 6.92 Å². The van der Waals surface area contributed by atoms with Gasteiger partial charge in [0.25, 0.3) is 5.56 Å². The Kier molecular flexibility index (Phi) is 6.51. The van der Waals surface area contributed by atoms with E-state index in [1.54, 1.807) is 0 Å². The SMILES string of the molecule is CC/C(=N/NC(=O)CSc1nn(C)c(=O)n(C)c1=O)c1ccc(C)cc1. The molecule has 2 aromatic rings. The Morgan fingerprint density at radius 1 is 1.23 bits per heavy atom. The van der Waals surface area contributed by atoms with Crippen LogP contribution in [0.4, 0.5) is 0 Å². The van der Waals surface area contributed by atoms with E-state index < -0.39 is 11.2 Å². The van der Waals surface area contributed by atoms with Gasteiger partial charge in [-0.15, -0.1) is 0 Å². The predicted molar refractivity (Wildman–Crippen MR) is 102 cm³/mol. The largest absolute Gasteiger partial charge is 0.346 e. The molecule has 0 fully saturated rings. The molecule has 0 radical (unpaired) electrons. The van der Waals surface area contributed by atoms with Crippen molar-refractivity contribution in [3.8, 4) is 0 Å². The number of benzene rings is 1. The lowest BCUT2D eigenvalue weighted by Gasteiger charge is -2.06. The smallest absolute Gasteiger partial charge is 0.272 e. The summed E-state index contributed by atoms with van der Waals surface area (Å²) in [7, 11) is 2.82. The zero-order valence-corrected chi connectivity index (χ0v) is 16.0. The molecule has 0 bridgehead atoms. The molecule has 9 heteroatoms. The van der Waals surface area contributed by atoms with Crippen LogP contribution in [-0.4, -0.2) is 31.7 Å². The van der Waals surface area contributed by atoms with Crippen LogP contribution in [0.5, 0.6) is 0 Å². The lowest BCUT2D eigenvalue weighted by Crippen LogP contribution is -2.39. The van der Waals surface area contributed by atoms with Gasteiger partial charge in [0.1, 0.15) is 0 Å². The number of aryl methyl sites for hydroxylation is 2. The summed E-state index contributed by atoms with van der Waals surface area (Å²) in [6, 6.07) is 7.88. The normalized spacial score (nSPS) is 11.5. The quantitative estimate of drug-likeness (QED) is 0.458. The molecule has 2 rings (SSSR count). The molecule has 1 amide bonds. The second-order valence-electron chi connectivity index (χ2n) is 5.68. The van der Waals surface area contributed by atoms with Crippen LogP contribution in [0.15, 0.2) is 44.0 Å². The Labute approximate surface area is 154 Å². The number of hydrogen-bond acceptors (Lipinski definition) is 6. The first-order chi connectivity index (χ1) is 12.3. The topological polar surface area (TPSA) is 98.3 Å². The van der Waals surface area contributed by atoms with Crippen LogP contribution in [0.25, 0.3) is 0 Å². The molecule has 0 saturated carbocycles. The minimum absolute atomic E-state index is 0.0329. The van der Waals surface area contributed by atoms with Crippen molar-refractivity contribution in [2.75, 3.05) is 5.75 Å². The molecule has 1 aromatic heterocycles. The van der Waals surface area contributed by atoms with Gasteiger partial charge in [0.15, 0.2) is 5.03 Å². The molecule has 8 nitrogen and oxygen atoms in total. The summed E-state index contributed by atoms with van der Waals surface area (Å²) in [5, 5.41) is 8.15. The lowest BCUT2D eigenvalue weighted by atomic mass is 10.1. The lowest BCUT2D eigenvalue weighted by molar-refractivity contribution is -0.118. The van der Waals surface area contributed by atoms with E-state index in [2.05, 4.69) is 15.6 Å². The fourth-order valence-corrected chi connectivity index (χ4v) is 2.92. The van der Waals surface area contributed by atoms with Crippen molar-refractivity contribution >= 4 is 23.4 Å². The molecule has 26 heavy (non-hydrogen) atoms. The summed E-state index contributed by atoms with van der Waals surface area (Å²) in [6.07, 6.45) is 0.666. The summed E-state index contributed by atoms with van der Waals surface area (Å²) in [5.74, 6) is -0.389. The highest BCUT2D eigenvalue weighted by atomic mass is 32.2. The van der Waals surface area contributed by atoms with Gasteiger partial charge in [0.05, 0.1) is 11.5 Å². The highest BCUT2D eigenvalue weighted by molar-refractivity contribution is 7.99. The van der Waals surface area contributed by atoms with Crippen LogP contribution in [0.3, 0.4) is 0 Å². The van der Waals surface area contributed by atoms with E-state index in [4.69, 9.17) is 0 Å². The molecule has 0 saturated heterocycles. The van der Waals surface area contributed by atoms with Crippen molar-refractivity contribution in [2.24, 2.45) is 19.2 Å². The van der Waals surface area contributed by atoms with Crippen molar-refractivity contribution in [2.45, 2.75) is 25.3 Å². The summed E-state index contributed by atoms with van der Waals surface area (Å²) in [5.41, 5.74) is 4.32. The summed E-state index contributed by atoms with van der Waals surface area (Å²) >= 11 is 0.964. The fourth-order valence-electron chi connectivity index (χ4n) is 2.15. The fraction of sp³-hybridized carbons (Fsp3) is 0.353. The average Bonchev–Trinajstić information content (AvgIpc) is 2.63. The zero-order chi connectivity index (χ0) is 19.3. The number of amides is 1. The van der Waals surface area contributed by atoms with E-state index in [1.807, 2.05) is 38.1 Å². The number of rotatable bonds is 6. The molecular formula is C17H21N5O3S. The molecule has 0 atom stereocenters. The Morgan fingerprint density at radius 3 is 2.50 bits per heavy atom. The molecule has 0 aliphatic carbocycles. The number of aromatic nitrogens is 3. The molecule has 138 valence electrons. The molecule has 1 heterocycles. The van der Waals surface area contributed by atoms with Gasteiger partial charge in [-0.25, -0.2) is 14.9 Å². The van der Waals surface area contributed by atoms with Gasteiger partial charge in [-0.3, -0.25) is 14.2 Å². The third-order valence-electron chi connectivity index (χ3n) is 3.67. The van der Waals surface area contributed by atoms with E-state index in [-0.39, 0.29) is 16.7 Å². The Morgan fingerprint density at radius 2 is 1.88 bits per heavy atom. The van der Waals surface area contributed by atoms with Crippen molar-refractivity contribution in [3.63, 3.8) is 0 Å². The highest BCUT2D eigenvalue weighted by Gasteiger charge is 2.11. The van der Waals surface area contributed by atoms with Gasteiger partial charge in [0, 0.05) is 14.1 Å². The van der Waals surface area contributed by atoms with Gasteiger partial charge in [-0.1, -0.05) is 48.5 Å². The number of thioether (sulfide) groups is 1. The second-order valence-corrected chi connectivity index (χ2v) is 6.64. The van der Waals surface area contributed by atoms with Gasteiger partial charge in [0.2, 0.25) is 5.91 Å². The van der Waals surface area contributed by atoms with Crippen molar-refractivity contribution in [1.82, 2.24) is 19.8 Å². The third kappa shape index (κ3) is 4.69. The first-order valence-electron chi connectivity index (χ1n) is 8.03. The monoisotopic (exact) mass is 375 g/mol. The molecule has 0 aliphatic rings. The summed E-state index contributed by atoms with van der Waals surface area (Å²) < 4.78 is 2.02. The maximum atomic E-state index is 12.0. The van der Waals surface area contributed by atoms with Crippen LogP contribution >= 0.6 is 11.8 Å². The Balaban J connectivity index is 2.04. The minimum atomic E-state index is -0.525. The number of nitrogens with zero attached hydrogens (tertiary/aromatic N) is 4. The first-order valence-corrected chi connectivity index (χ1v) is 9.01. The van der Waals surface area contributed by atoms with E-state index in [9.17, 15) is 14.4 Å². The number of nitrogens with one attached hydrogen (secondary N) is 1. The van der Waals surface area contributed by atoms with Crippen LogP contribution < -0.4 is 16.7 Å². The van der Waals surface area contributed by atoms with Crippen LogP contribution in [-0.2, 0) is 18.9 Å². The van der Waals surface area contributed by atoms with Crippen molar-refractivity contribution in [3.05, 3.63) is 56.2 Å². The van der Waals surface area contributed by atoms with Crippen molar-refractivity contribution < 1.29 is 4.79 Å². The van der Waals surface area contributed by atoms with E-state index in [1.165, 1.54) is 14.1 Å². The van der Waals surface area contributed by atoms with Crippen LogP contribution in [0.1, 0.15) is 24.5 Å². The highest BCUT2D eigenvalue weighted by Crippen LogP contribution is 2.09. The van der Waals surface area contributed by atoms with Gasteiger partial charge < -0.3 is 0 Å². The number of carbonyl (C=O) groups is 1. The van der Waals surface area contributed by atoms with E-state index in [0.717, 1.165) is 37.8 Å². The third-order valence-corrected chi connectivity index (χ3v) is 4.60. The van der Waals surface area contributed by atoms with E-state index >= 15 is 0 Å². The van der Waals surface area contributed by atoms with Crippen LogP contribution in [0.2, 0.25) is 0 Å². The summed E-state index contributed by atoms with van der Waals surface area (Å²) in [4.78, 5) is 35.6. The van der Waals surface area contributed by atoms with Gasteiger partial charge in [-0.2, -0.15) is 10.2 Å². The zero-order valence-electron chi connectivity index (χ0n) is 15.1. The Bertz CT molecular complexity index is 944. The minimum Gasteiger partial charge on any atom is -0.272 e. The molecule has 0 spiro atoms. The van der Waals surface area contributed by atoms with E-state index in [0.29, 0.717) is 6.42 Å². The summed E-state index contributed by atoms with van der Waals surface area (Å²) in [6.45, 7) is 3.96. The second kappa shape index (κ2) is 8.61. The molecule has 1 N–H and O–H groups in total.